The molecule has 0 bridgehead atoms. The van der Waals surface area contributed by atoms with Crippen LogP contribution in [-0.2, 0) is 4.79 Å². The highest BCUT2D eigenvalue weighted by Gasteiger charge is 2.38. The van der Waals surface area contributed by atoms with Gasteiger partial charge in [-0.15, -0.1) is 0 Å². The summed E-state index contributed by atoms with van der Waals surface area (Å²) >= 11 is 0. The average Bonchev–Trinajstić information content (AvgIpc) is 2.70. The van der Waals surface area contributed by atoms with Gasteiger partial charge in [0.25, 0.3) is 0 Å². The number of hydrogen-bond donors (Lipinski definition) is 3. The number of hydrogen-bond acceptors (Lipinski definition) is 4. The monoisotopic (exact) mass is 334 g/mol. The lowest BCUT2D eigenvalue weighted by atomic mass is 9.73. The van der Waals surface area contributed by atoms with E-state index in [2.05, 4.69) is 24.5 Å². The molecule has 2 aliphatic rings. The minimum absolute atomic E-state index is 0.0539. The molecule has 1 aliphatic carbocycles. The van der Waals surface area contributed by atoms with E-state index in [9.17, 15) is 9.90 Å². The molecule has 4 heteroatoms. The highest BCUT2D eigenvalue weighted by atomic mass is 16.3. The summed E-state index contributed by atoms with van der Waals surface area (Å²) in [6.07, 6.45) is 1.37. The van der Waals surface area contributed by atoms with Gasteiger partial charge in [0.15, 0.2) is 5.78 Å². The quantitative estimate of drug-likeness (QED) is 0.712. The van der Waals surface area contributed by atoms with E-state index in [1.54, 1.807) is 12.1 Å². The van der Waals surface area contributed by atoms with Gasteiger partial charge in [-0.3, -0.25) is 4.79 Å². The molecule has 3 N–H and O–H groups in total. The van der Waals surface area contributed by atoms with Crippen LogP contribution < -0.4 is 10.6 Å². The van der Waals surface area contributed by atoms with Gasteiger partial charge < -0.3 is 15.7 Å². The standard InChI is InChI=1S/C21H22N2O2/c1-21(2)11-17-19(18(25)12-21)20(13-7-9-14(24)10-8-13)23-16-6-4-3-5-15(16)22-17/h3-10,20,22-24H,11-12H2,1-2H3/t20-/m1/s1. The molecule has 0 amide bonds. The van der Waals surface area contributed by atoms with Gasteiger partial charge in [-0.2, -0.15) is 0 Å². The molecule has 0 unspecified atom stereocenters. The molecule has 0 saturated heterocycles. The van der Waals surface area contributed by atoms with Crippen LogP contribution in [0.1, 0.15) is 38.3 Å². The number of anilines is 2. The van der Waals surface area contributed by atoms with Gasteiger partial charge in [0.1, 0.15) is 5.75 Å². The molecule has 1 atom stereocenters. The van der Waals surface area contributed by atoms with Crippen LogP contribution >= 0.6 is 0 Å². The molecular formula is C21H22N2O2. The van der Waals surface area contributed by atoms with Crippen molar-refractivity contribution in [3.8, 4) is 5.75 Å². The maximum Gasteiger partial charge on any atom is 0.163 e. The predicted molar refractivity (Wildman–Crippen MR) is 99.6 cm³/mol. The number of nitrogens with one attached hydrogen (secondary N) is 2. The summed E-state index contributed by atoms with van der Waals surface area (Å²) in [5, 5.41) is 16.6. The first kappa shape index (κ1) is 15.8. The van der Waals surface area contributed by atoms with Gasteiger partial charge in [-0.25, -0.2) is 0 Å². The van der Waals surface area contributed by atoms with Crippen molar-refractivity contribution in [2.24, 2.45) is 5.41 Å². The Labute approximate surface area is 147 Å². The van der Waals surface area contributed by atoms with Crippen molar-refractivity contribution in [3.63, 3.8) is 0 Å². The summed E-state index contributed by atoms with van der Waals surface area (Å²) in [7, 11) is 0. The van der Waals surface area contributed by atoms with Gasteiger partial charge in [0.2, 0.25) is 0 Å². The van der Waals surface area contributed by atoms with Gasteiger partial charge in [-0.1, -0.05) is 38.1 Å². The van der Waals surface area contributed by atoms with E-state index in [1.807, 2.05) is 36.4 Å². The van der Waals surface area contributed by atoms with Crippen molar-refractivity contribution >= 4 is 17.2 Å². The fourth-order valence-electron chi connectivity index (χ4n) is 3.81. The zero-order valence-corrected chi connectivity index (χ0v) is 14.5. The molecule has 0 fully saturated rings. The Kier molecular flexibility index (Phi) is 3.57. The summed E-state index contributed by atoms with van der Waals surface area (Å²) in [5.41, 5.74) is 4.68. The molecule has 25 heavy (non-hydrogen) atoms. The largest absolute Gasteiger partial charge is 0.508 e. The van der Waals surface area contributed by atoms with Crippen molar-refractivity contribution in [1.82, 2.24) is 0 Å². The van der Waals surface area contributed by atoms with E-state index in [0.29, 0.717) is 6.42 Å². The molecule has 0 saturated carbocycles. The van der Waals surface area contributed by atoms with Crippen LogP contribution in [0.25, 0.3) is 0 Å². The molecular weight excluding hydrogens is 312 g/mol. The number of phenols is 1. The van der Waals surface area contributed by atoms with Crippen molar-refractivity contribution < 1.29 is 9.90 Å². The fourth-order valence-corrected chi connectivity index (χ4v) is 3.81. The van der Waals surface area contributed by atoms with Crippen molar-refractivity contribution in [2.75, 3.05) is 10.6 Å². The average molecular weight is 334 g/mol. The third-order valence-electron chi connectivity index (χ3n) is 4.95. The van der Waals surface area contributed by atoms with Crippen LogP contribution in [0.3, 0.4) is 0 Å². The van der Waals surface area contributed by atoms with Crippen LogP contribution in [0, 0.1) is 5.41 Å². The van der Waals surface area contributed by atoms with Gasteiger partial charge in [-0.05, 0) is 41.7 Å². The summed E-state index contributed by atoms with van der Waals surface area (Å²) < 4.78 is 0. The van der Waals surface area contributed by atoms with Crippen molar-refractivity contribution in [2.45, 2.75) is 32.7 Å². The van der Waals surface area contributed by atoms with Gasteiger partial charge in [0, 0.05) is 17.7 Å². The number of benzene rings is 2. The Hall–Kier alpha value is -2.75. The second kappa shape index (κ2) is 5.66. The highest BCUT2D eigenvalue weighted by Crippen LogP contribution is 2.45. The minimum atomic E-state index is -0.227. The first-order valence-electron chi connectivity index (χ1n) is 8.61. The van der Waals surface area contributed by atoms with Crippen LogP contribution in [-0.4, -0.2) is 10.9 Å². The van der Waals surface area contributed by atoms with Crippen molar-refractivity contribution in [1.29, 1.82) is 0 Å². The number of carbonyl (C=O) groups is 1. The molecule has 4 rings (SSSR count). The number of aromatic hydroxyl groups is 1. The number of fused-ring (bicyclic) bond motifs is 1. The fraction of sp³-hybridized carbons (Fsp3) is 0.286. The molecule has 2 aromatic rings. The molecule has 0 spiro atoms. The van der Waals surface area contributed by atoms with Crippen LogP contribution in [0.5, 0.6) is 5.75 Å². The van der Waals surface area contributed by atoms with E-state index < -0.39 is 0 Å². The number of Topliss-reactive ketones (excluding diaryl/α,β-unsaturated/α-hetero) is 1. The third kappa shape index (κ3) is 2.88. The SMILES string of the molecule is CC1(C)CC(=O)C2=C(C1)Nc1ccccc1N[C@@H]2c1ccc(O)cc1. The number of ketones is 1. The topological polar surface area (TPSA) is 61.4 Å². The Bertz CT molecular complexity index is 866. The second-order valence-electron chi connectivity index (χ2n) is 7.67. The lowest BCUT2D eigenvalue weighted by Gasteiger charge is -2.34. The third-order valence-corrected chi connectivity index (χ3v) is 4.95. The summed E-state index contributed by atoms with van der Waals surface area (Å²) in [4.78, 5) is 13.0. The Morgan fingerprint density at radius 2 is 1.68 bits per heavy atom. The first-order valence-corrected chi connectivity index (χ1v) is 8.61. The maximum absolute atomic E-state index is 13.0. The zero-order chi connectivity index (χ0) is 17.6. The molecule has 4 nitrogen and oxygen atoms in total. The first-order chi connectivity index (χ1) is 11.9. The van der Waals surface area contributed by atoms with Crippen molar-refractivity contribution in [3.05, 3.63) is 65.4 Å². The summed E-state index contributed by atoms with van der Waals surface area (Å²) in [5.74, 6) is 0.401. The molecule has 2 aromatic carbocycles. The van der Waals surface area contributed by atoms with E-state index in [1.165, 1.54) is 0 Å². The van der Waals surface area contributed by atoms with Gasteiger partial charge >= 0.3 is 0 Å². The predicted octanol–water partition coefficient (Wildman–Crippen LogP) is 4.61. The van der Waals surface area contributed by atoms with Crippen LogP contribution in [0.15, 0.2) is 59.8 Å². The number of allylic oxidation sites excluding steroid dienone is 1. The Morgan fingerprint density at radius 1 is 1.00 bits per heavy atom. The molecule has 1 heterocycles. The smallest absolute Gasteiger partial charge is 0.163 e. The van der Waals surface area contributed by atoms with E-state index in [-0.39, 0.29) is 23.0 Å². The van der Waals surface area contributed by atoms with E-state index in [4.69, 9.17) is 0 Å². The normalized spacial score (nSPS) is 21.5. The van der Waals surface area contributed by atoms with E-state index >= 15 is 0 Å². The Morgan fingerprint density at radius 3 is 2.40 bits per heavy atom. The maximum atomic E-state index is 13.0. The minimum Gasteiger partial charge on any atom is -0.508 e. The summed E-state index contributed by atoms with van der Waals surface area (Å²) in [6, 6.07) is 14.9. The lowest BCUT2D eigenvalue weighted by molar-refractivity contribution is -0.118. The van der Waals surface area contributed by atoms with Crippen LogP contribution in [0.2, 0.25) is 0 Å². The summed E-state index contributed by atoms with van der Waals surface area (Å²) in [6.45, 7) is 4.27. The highest BCUT2D eigenvalue weighted by molar-refractivity contribution is 6.01. The number of phenolic OH excluding ortho intramolecular Hbond substituents is 1. The second-order valence-corrected chi connectivity index (χ2v) is 7.67. The number of carbonyl (C=O) groups excluding carboxylic acids is 1. The molecule has 1 aliphatic heterocycles. The van der Waals surface area contributed by atoms with Crippen LogP contribution in [0.4, 0.5) is 11.4 Å². The molecule has 0 aromatic heterocycles. The number of para-hydroxylation sites is 2. The van der Waals surface area contributed by atoms with Gasteiger partial charge in [0.05, 0.1) is 17.4 Å². The molecule has 128 valence electrons. The number of rotatable bonds is 1. The molecule has 0 radical (unpaired) electrons. The van der Waals surface area contributed by atoms with E-state index in [0.717, 1.165) is 34.6 Å². The lowest BCUT2D eigenvalue weighted by Crippen LogP contribution is -2.31. The Balaban J connectivity index is 1.88. The zero-order valence-electron chi connectivity index (χ0n) is 14.5.